The molecule has 1 N–H and O–H groups in total. The Balaban J connectivity index is 1.84. The minimum atomic E-state index is -0.525. The standard InChI is InChI=1S/C22H20FN3O2S/c1-2-19-21(28)26(17-10-8-16(23)9-11-17)22(29-19)18(14-24)20(27)25-13-12-15-6-4-3-5-7-15/h3-11,19H,2,12-13H2,1H3,(H,25,27)/b22-18+. The van der Waals surface area contributed by atoms with Crippen molar-refractivity contribution in [3.8, 4) is 6.07 Å². The normalized spacial score (nSPS) is 17.8. The Morgan fingerprint density at radius 2 is 1.90 bits per heavy atom. The Kier molecular flexibility index (Phi) is 6.68. The molecule has 0 spiro atoms. The van der Waals surface area contributed by atoms with Crippen molar-refractivity contribution in [2.24, 2.45) is 0 Å². The number of amides is 2. The Hall–Kier alpha value is -3.11. The zero-order valence-electron chi connectivity index (χ0n) is 15.9. The van der Waals surface area contributed by atoms with Crippen LogP contribution in [0.4, 0.5) is 10.1 Å². The largest absolute Gasteiger partial charge is 0.351 e. The van der Waals surface area contributed by atoms with Crippen molar-refractivity contribution in [2.45, 2.75) is 25.0 Å². The fourth-order valence-corrected chi connectivity index (χ4v) is 4.19. The van der Waals surface area contributed by atoms with E-state index in [9.17, 15) is 19.2 Å². The quantitative estimate of drug-likeness (QED) is 0.582. The summed E-state index contributed by atoms with van der Waals surface area (Å²) >= 11 is 1.20. The van der Waals surface area contributed by atoms with Crippen LogP contribution in [0.25, 0.3) is 0 Å². The van der Waals surface area contributed by atoms with Gasteiger partial charge in [0, 0.05) is 12.2 Å². The highest BCUT2D eigenvalue weighted by Crippen LogP contribution is 2.41. The molecule has 3 rings (SSSR count). The SMILES string of the molecule is CCC1S/C(=C(\C#N)C(=O)NCCc2ccccc2)N(c2ccc(F)cc2)C1=O. The van der Waals surface area contributed by atoms with Gasteiger partial charge in [-0.25, -0.2) is 4.39 Å². The zero-order valence-corrected chi connectivity index (χ0v) is 16.7. The number of nitrogens with zero attached hydrogens (tertiary/aromatic N) is 2. The molecule has 0 bridgehead atoms. The molecule has 0 radical (unpaired) electrons. The second-order valence-electron chi connectivity index (χ2n) is 6.45. The first-order valence-corrected chi connectivity index (χ1v) is 10.2. The molecule has 1 fully saturated rings. The van der Waals surface area contributed by atoms with Crippen LogP contribution in [0.5, 0.6) is 0 Å². The summed E-state index contributed by atoms with van der Waals surface area (Å²) in [5, 5.41) is 12.3. The van der Waals surface area contributed by atoms with Crippen LogP contribution in [0.2, 0.25) is 0 Å². The molecular formula is C22H20FN3O2S. The molecule has 1 atom stereocenters. The lowest BCUT2D eigenvalue weighted by Gasteiger charge is -2.18. The summed E-state index contributed by atoms with van der Waals surface area (Å²) in [6.45, 7) is 2.24. The van der Waals surface area contributed by atoms with Crippen molar-refractivity contribution in [2.75, 3.05) is 11.4 Å². The van der Waals surface area contributed by atoms with E-state index in [2.05, 4.69) is 5.32 Å². The molecule has 29 heavy (non-hydrogen) atoms. The first kappa shape index (κ1) is 20.6. The zero-order chi connectivity index (χ0) is 20.8. The van der Waals surface area contributed by atoms with E-state index in [-0.39, 0.29) is 16.5 Å². The van der Waals surface area contributed by atoms with E-state index < -0.39 is 17.0 Å². The van der Waals surface area contributed by atoms with Crippen molar-refractivity contribution in [3.63, 3.8) is 0 Å². The second kappa shape index (κ2) is 9.39. The van der Waals surface area contributed by atoms with Crippen LogP contribution in [-0.2, 0) is 16.0 Å². The number of carbonyl (C=O) groups excluding carboxylic acids is 2. The van der Waals surface area contributed by atoms with Gasteiger partial charge in [-0.15, -0.1) is 0 Å². The lowest BCUT2D eigenvalue weighted by Crippen LogP contribution is -2.32. The molecule has 0 aliphatic carbocycles. The lowest BCUT2D eigenvalue weighted by molar-refractivity contribution is -0.117. The summed E-state index contributed by atoms with van der Waals surface area (Å²) < 4.78 is 13.3. The molecule has 1 heterocycles. The van der Waals surface area contributed by atoms with Crippen LogP contribution in [0.15, 0.2) is 65.2 Å². The highest BCUT2D eigenvalue weighted by Gasteiger charge is 2.39. The summed E-state index contributed by atoms with van der Waals surface area (Å²) in [6.07, 6.45) is 1.19. The Bertz CT molecular complexity index is 968. The number of carbonyl (C=O) groups is 2. The third kappa shape index (κ3) is 4.66. The highest BCUT2D eigenvalue weighted by atomic mass is 32.2. The van der Waals surface area contributed by atoms with E-state index in [1.54, 1.807) is 0 Å². The minimum Gasteiger partial charge on any atom is -0.351 e. The van der Waals surface area contributed by atoms with Crippen LogP contribution in [0.1, 0.15) is 18.9 Å². The predicted octanol–water partition coefficient (Wildman–Crippen LogP) is 3.78. The van der Waals surface area contributed by atoms with Gasteiger partial charge in [0.25, 0.3) is 5.91 Å². The van der Waals surface area contributed by atoms with Crippen molar-refractivity contribution >= 4 is 29.3 Å². The monoisotopic (exact) mass is 409 g/mol. The molecular weight excluding hydrogens is 389 g/mol. The van der Waals surface area contributed by atoms with E-state index in [0.717, 1.165) is 5.56 Å². The third-order valence-electron chi connectivity index (χ3n) is 4.50. The Morgan fingerprint density at radius 1 is 1.21 bits per heavy atom. The molecule has 2 aromatic carbocycles. The smallest absolute Gasteiger partial charge is 0.264 e. The van der Waals surface area contributed by atoms with Crippen molar-refractivity contribution in [1.82, 2.24) is 5.32 Å². The van der Waals surface area contributed by atoms with Gasteiger partial charge in [0.1, 0.15) is 22.5 Å². The van der Waals surface area contributed by atoms with E-state index in [0.29, 0.717) is 25.1 Å². The van der Waals surface area contributed by atoms with Gasteiger partial charge in [0.15, 0.2) is 0 Å². The van der Waals surface area contributed by atoms with Gasteiger partial charge in [-0.1, -0.05) is 49.0 Å². The molecule has 1 aliphatic heterocycles. The number of hydrogen-bond donors (Lipinski definition) is 1. The number of nitrogens with one attached hydrogen (secondary N) is 1. The number of thioether (sulfide) groups is 1. The molecule has 0 saturated carbocycles. The highest BCUT2D eigenvalue weighted by molar-refractivity contribution is 8.05. The summed E-state index contributed by atoms with van der Waals surface area (Å²) in [5.41, 5.74) is 1.39. The van der Waals surface area contributed by atoms with Gasteiger partial charge in [-0.3, -0.25) is 14.5 Å². The number of benzene rings is 2. The minimum absolute atomic E-state index is 0.114. The molecule has 1 saturated heterocycles. The predicted molar refractivity (Wildman–Crippen MR) is 111 cm³/mol. The Labute approximate surface area is 173 Å². The fourth-order valence-electron chi connectivity index (χ4n) is 2.99. The van der Waals surface area contributed by atoms with Gasteiger partial charge in [-0.2, -0.15) is 5.26 Å². The van der Waals surface area contributed by atoms with E-state index >= 15 is 0 Å². The number of rotatable bonds is 6. The topological polar surface area (TPSA) is 73.2 Å². The second-order valence-corrected chi connectivity index (χ2v) is 7.64. The van der Waals surface area contributed by atoms with Gasteiger partial charge in [-0.05, 0) is 42.7 Å². The summed E-state index contributed by atoms with van der Waals surface area (Å²) in [6, 6.07) is 17.1. The van der Waals surface area contributed by atoms with Gasteiger partial charge in [0.05, 0.1) is 5.25 Å². The maximum atomic E-state index is 13.3. The number of nitriles is 1. The van der Waals surface area contributed by atoms with Crippen LogP contribution in [0.3, 0.4) is 0 Å². The number of anilines is 1. The summed E-state index contributed by atoms with van der Waals surface area (Å²) in [7, 11) is 0. The molecule has 1 unspecified atom stereocenters. The van der Waals surface area contributed by atoms with E-state index in [1.165, 1.54) is 40.9 Å². The van der Waals surface area contributed by atoms with E-state index in [1.807, 2.05) is 43.3 Å². The molecule has 2 amide bonds. The Morgan fingerprint density at radius 3 is 2.52 bits per heavy atom. The maximum absolute atomic E-state index is 13.3. The van der Waals surface area contributed by atoms with Crippen molar-refractivity contribution < 1.29 is 14.0 Å². The van der Waals surface area contributed by atoms with Crippen molar-refractivity contribution in [1.29, 1.82) is 5.26 Å². The average Bonchev–Trinajstić information content (AvgIpc) is 3.06. The molecule has 5 nitrogen and oxygen atoms in total. The molecule has 1 aliphatic rings. The van der Waals surface area contributed by atoms with Gasteiger partial charge in [0.2, 0.25) is 5.91 Å². The summed E-state index contributed by atoms with van der Waals surface area (Å²) in [5.74, 6) is -1.17. The van der Waals surface area contributed by atoms with Crippen LogP contribution < -0.4 is 10.2 Å². The van der Waals surface area contributed by atoms with Crippen molar-refractivity contribution in [3.05, 3.63) is 76.6 Å². The first-order chi connectivity index (χ1) is 14.0. The number of halogens is 1. The van der Waals surface area contributed by atoms with Gasteiger partial charge < -0.3 is 5.32 Å². The van der Waals surface area contributed by atoms with Crippen LogP contribution >= 0.6 is 11.8 Å². The van der Waals surface area contributed by atoms with Crippen LogP contribution in [-0.4, -0.2) is 23.6 Å². The van der Waals surface area contributed by atoms with Gasteiger partial charge >= 0.3 is 0 Å². The number of hydrogen-bond acceptors (Lipinski definition) is 4. The van der Waals surface area contributed by atoms with Crippen LogP contribution in [0, 0.1) is 17.1 Å². The first-order valence-electron chi connectivity index (χ1n) is 9.27. The fraction of sp³-hybridized carbons (Fsp3) is 0.227. The molecule has 7 heteroatoms. The average molecular weight is 409 g/mol. The molecule has 0 aromatic heterocycles. The maximum Gasteiger partial charge on any atom is 0.264 e. The lowest BCUT2D eigenvalue weighted by atomic mass is 10.1. The molecule has 148 valence electrons. The molecule has 2 aromatic rings. The van der Waals surface area contributed by atoms with E-state index in [4.69, 9.17) is 0 Å². The third-order valence-corrected chi connectivity index (χ3v) is 5.93. The summed E-state index contributed by atoms with van der Waals surface area (Å²) in [4.78, 5) is 26.8.